The van der Waals surface area contributed by atoms with E-state index in [2.05, 4.69) is 31.1 Å². The van der Waals surface area contributed by atoms with Crippen LogP contribution in [0.5, 0.6) is 0 Å². The number of rotatable bonds is 5. The third-order valence-corrected chi connectivity index (χ3v) is 1.45. The fraction of sp³-hybridized carbons (Fsp3) is 0.750. The maximum absolute atomic E-state index is 3.86. The summed E-state index contributed by atoms with van der Waals surface area (Å²) in [5, 5.41) is 6.31. The molecule has 0 saturated carbocycles. The van der Waals surface area contributed by atoms with E-state index in [4.69, 9.17) is 0 Å². The molecule has 0 amide bonds. The standard InChI is InChI=1S/C8H18N2/c1-5-7(2)10-8(3)6-9-4/h7,9-10H,3,5-6H2,1-2,4H3. The van der Waals surface area contributed by atoms with E-state index in [0.29, 0.717) is 6.04 Å². The van der Waals surface area contributed by atoms with E-state index < -0.39 is 0 Å². The van der Waals surface area contributed by atoms with Gasteiger partial charge in [0.25, 0.3) is 0 Å². The molecule has 1 unspecified atom stereocenters. The highest BCUT2D eigenvalue weighted by Gasteiger charge is 1.96. The van der Waals surface area contributed by atoms with E-state index in [1.54, 1.807) is 0 Å². The van der Waals surface area contributed by atoms with E-state index in [9.17, 15) is 0 Å². The smallest absolute Gasteiger partial charge is 0.0345 e. The zero-order valence-corrected chi connectivity index (χ0v) is 7.20. The van der Waals surface area contributed by atoms with Crippen molar-refractivity contribution >= 4 is 0 Å². The van der Waals surface area contributed by atoms with Crippen LogP contribution in [0.3, 0.4) is 0 Å². The van der Waals surface area contributed by atoms with Crippen molar-refractivity contribution in [2.45, 2.75) is 26.3 Å². The molecule has 0 bridgehead atoms. The summed E-state index contributed by atoms with van der Waals surface area (Å²) < 4.78 is 0. The normalized spacial score (nSPS) is 12.7. The predicted molar refractivity (Wildman–Crippen MR) is 46.0 cm³/mol. The Morgan fingerprint density at radius 2 is 2.20 bits per heavy atom. The van der Waals surface area contributed by atoms with Gasteiger partial charge in [-0.15, -0.1) is 0 Å². The predicted octanol–water partition coefficient (Wildman–Crippen LogP) is 1.11. The minimum absolute atomic E-state index is 0.542. The van der Waals surface area contributed by atoms with Gasteiger partial charge in [-0.3, -0.25) is 0 Å². The average Bonchev–Trinajstić information content (AvgIpc) is 1.88. The second-order valence-corrected chi connectivity index (χ2v) is 2.59. The van der Waals surface area contributed by atoms with E-state index in [1.807, 2.05) is 7.05 Å². The van der Waals surface area contributed by atoms with Gasteiger partial charge in [0.2, 0.25) is 0 Å². The maximum Gasteiger partial charge on any atom is 0.0345 e. The first kappa shape index (κ1) is 9.50. The van der Waals surface area contributed by atoms with Crippen molar-refractivity contribution in [2.75, 3.05) is 13.6 Å². The van der Waals surface area contributed by atoms with Gasteiger partial charge in [0.1, 0.15) is 0 Å². The molecule has 10 heavy (non-hydrogen) atoms. The number of nitrogens with one attached hydrogen (secondary N) is 2. The number of likely N-dealkylation sites (N-methyl/N-ethyl adjacent to an activating group) is 1. The Hall–Kier alpha value is -0.500. The fourth-order valence-corrected chi connectivity index (χ4v) is 0.715. The van der Waals surface area contributed by atoms with Crippen molar-refractivity contribution in [3.05, 3.63) is 12.3 Å². The van der Waals surface area contributed by atoms with E-state index in [0.717, 1.165) is 18.7 Å². The van der Waals surface area contributed by atoms with Crippen LogP contribution in [0.4, 0.5) is 0 Å². The molecular formula is C8H18N2. The van der Waals surface area contributed by atoms with Gasteiger partial charge < -0.3 is 10.6 Å². The van der Waals surface area contributed by atoms with Crippen LogP contribution in [-0.2, 0) is 0 Å². The Morgan fingerprint density at radius 3 is 2.60 bits per heavy atom. The Labute approximate surface area is 63.7 Å². The largest absolute Gasteiger partial charge is 0.385 e. The second kappa shape index (κ2) is 5.30. The summed E-state index contributed by atoms with van der Waals surface area (Å²) in [4.78, 5) is 0. The van der Waals surface area contributed by atoms with Gasteiger partial charge in [-0.2, -0.15) is 0 Å². The number of hydrogen-bond donors (Lipinski definition) is 2. The Bertz CT molecular complexity index is 99.4. The molecular weight excluding hydrogens is 124 g/mol. The lowest BCUT2D eigenvalue weighted by Crippen LogP contribution is -2.28. The van der Waals surface area contributed by atoms with Crippen LogP contribution in [0.2, 0.25) is 0 Å². The molecule has 0 radical (unpaired) electrons. The maximum atomic E-state index is 3.86. The first-order valence-corrected chi connectivity index (χ1v) is 3.79. The molecule has 60 valence electrons. The minimum Gasteiger partial charge on any atom is -0.385 e. The Morgan fingerprint density at radius 1 is 1.60 bits per heavy atom. The molecule has 0 saturated heterocycles. The topological polar surface area (TPSA) is 24.1 Å². The lowest BCUT2D eigenvalue weighted by molar-refractivity contribution is 0.581. The lowest BCUT2D eigenvalue weighted by atomic mass is 10.2. The highest BCUT2D eigenvalue weighted by molar-refractivity contribution is 4.94. The third-order valence-electron chi connectivity index (χ3n) is 1.45. The van der Waals surface area contributed by atoms with Crippen LogP contribution in [-0.4, -0.2) is 19.6 Å². The highest BCUT2D eigenvalue weighted by Crippen LogP contribution is 1.91. The van der Waals surface area contributed by atoms with E-state index in [1.165, 1.54) is 0 Å². The summed E-state index contributed by atoms with van der Waals surface area (Å²) in [5.41, 5.74) is 1.07. The van der Waals surface area contributed by atoms with Gasteiger partial charge in [-0.05, 0) is 20.4 Å². The van der Waals surface area contributed by atoms with E-state index >= 15 is 0 Å². The van der Waals surface area contributed by atoms with Gasteiger partial charge in [0.15, 0.2) is 0 Å². The molecule has 1 atom stereocenters. The quantitative estimate of drug-likeness (QED) is 0.601. The summed E-state index contributed by atoms with van der Waals surface area (Å²) >= 11 is 0. The SMILES string of the molecule is C=C(CNC)NC(C)CC. The molecule has 2 heteroatoms. The molecule has 0 fully saturated rings. The monoisotopic (exact) mass is 142 g/mol. The fourth-order valence-electron chi connectivity index (χ4n) is 0.715. The summed E-state index contributed by atoms with van der Waals surface area (Å²) in [7, 11) is 1.92. The lowest BCUT2D eigenvalue weighted by Gasteiger charge is -2.14. The van der Waals surface area contributed by atoms with Crippen molar-refractivity contribution in [1.82, 2.24) is 10.6 Å². The average molecular weight is 142 g/mol. The highest BCUT2D eigenvalue weighted by atomic mass is 15.0. The van der Waals surface area contributed by atoms with Crippen LogP contribution in [0.1, 0.15) is 20.3 Å². The molecule has 0 aromatic carbocycles. The summed E-state index contributed by atoms with van der Waals surface area (Å²) in [6, 6.07) is 0.542. The van der Waals surface area contributed by atoms with Gasteiger partial charge in [-0.1, -0.05) is 13.5 Å². The molecule has 0 rings (SSSR count). The molecule has 2 N–H and O–H groups in total. The summed E-state index contributed by atoms with van der Waals surface area (Å²) in [6.07, 6.45) is 1.14. The van der Waals surface area contributed by atoms with E-state index in [-0.39, 0.29) is 0 Å². The number of hydrogen-bond acceptors (Lipinski definition) is 2. The first-order valence-electron chi connectivity index (χ1n) is 3.79. The van der Waals surface area contributed by atoms with Crippen molar-refractivity contribution in [3.63, 3.8) is 0 Å². The van der Waals surface area contributed by atoms with Crippen LogP contribution in [0.25, 0.3) is 0 Å². The van der Waals surface area contributed by atoms with Gasteiger partial charge in [-0.25, -0.2) is 0 Å². The van der Waals surface area contributed by atoms with Gasteiger partial charge >= 0.3 is 0 Å². The molecule has 0 aliphatic heterocycles. The van der Waals surface area contributed by atoms with Gasteiger partial charge in [0, 0.05) is 18.3 Å². The van der Waals surface area contributed by atoms with Crippen LogP contribution in [0, 0.1) is 0 Å². The summed E-state index contributed by atoms with van der Waals surface area (Å²) in [6.45, 7) is 9.02. The first-order chi connectivity index (χ1) is 4.70. The van der Waals surface area contributed by atoms with Crippen molar-refractivity contribution < 1.29 is 0 Å². The van der Waals surface area contributed by atoms with Crippen LogP contribution >= 0.6 is 0 Å². The zero-order valence-electron chi connectivity index (χ0n) is 7.20. The summed E-state index contributed by atoms with van der Waals surface area (Å²) in [5.74, 6) is 0. The van der Waals surface area contributed by atoms with Crippen molar-refractivity contribution in [2.24, 2.45) is 0 Å². The van der Waals surface area contributed by atoms with Gasteiger partial charge in [0.05, 0.1) is 0 Å². The minimum atomic E-state index is 0.542. The van der Waals surface area contributed by atoms with Crippen molar-refractivity contribution in [1.29, 1.82) is 0 Å². The second-order valence-electron chi connectivity index (χ2n) is 2.59. The molecule has 0 spiro atoms. The van der Waals surface area contributed by atoms with Crippen LogP contribution in [0.15, 0.2) is 12.3 Å². The Kier molecular flexibility index (Phi) is 5.03. The molecule has 0 aliphatic carbocycles. The molecule has 0 aromatic heterocycles. The third kappa shape index (κ3) is 4.39. The molecule has 0 aliphatic rings. The molecule has 0 heterocycles. The Balaban J connectivity index is 3.37. The van der Waals surface area contributed by atoms with Crippen molar-refractivity contribution in [3.8, 4) is 0 Å². The molecule has 0 aromatic rings. The zero-order chi connectivity index (χ0) is 7.98. The molecule has 2 nitrogen and oxygen atoms in total. The van der Waals surface area contributed by atoms with Crippen LogP contribution < -0.4 is 10.6 Å².